The number of thiophene rings is 1. The summed E-state index contributed by atoms with van der Waals surface area (Å²) in [6, 6.07) is 65.0. The summed E-state index contributed by atoms with van der Waals surface area (Å²) in [6.07, 6.45) is 0. The van der Waals surface area contributed by atoms with Crippen molar-refractivity contribution in [2.45, 2.75) is 0 Å². The van der Waals surface area contributed by atoms with Crippen molar-refractivity contribution in [3.8, 4) is 56.2 Å². The summed E-state index contributed by atoms with van der Waals surface area (Å²) in [5, 5.41) is 7.34. The molecule has 0 radical (unpaired) electrons. The van der Waals surface area contributed by atoms with E-state index in [1.54, 1.807) is 0 Å². The zero-order valence-electron chi connectivity index (χ0n) is 27.6. The first kappa shape index (κ1) is 29.5. The van der Waals surface area contributed by atoms with Gasteiger partial charge in [0.2, 0.25) is 0 Å². The molecule has 0 aliphatic carbocycles. The number of rotatable bonds is 5. The van der Waals surface area contributed by atoms with E-state index < -0.39 is 0 Å². The third kappa shape index (κ3) is 5.27. The molecule has 2 nitrogen and oxygen atoms in total. The van der Waals surface area contributed by atoms with Crippen LogP contribution in [0.4, 0.5) is 0 Å². The molecule has 0 amide bonds. The zero-order valence-corrected chi connectivity index (χ0v) is 28.4. The molecule has 3 heteroatoms. The second kappa shape index (κ2) is 12.2. The van der Waals surface area contributed by atoms with Gasteiger partial charge in [0.25, 0.3) is 0 Å². The molecular weight excluding hydrogens is 637 g/mol. The smallest absolute Gasteiger partial charge is 0.160 e. The quantitative estimate of drug-likeness (QED) is 0.183. The molecule has 0 bridgehead atoms. The van der Waals surface area contributed by atoms with Crippen molar-refractivity contribution in [1.29, 1.82) is 0 Å². The highest BCUT2D eigenvalue weighted by Gasteiger charge is 2.19. The molecule has 10 rings (SSSR count). The van der Waals surface area contributed by atoms with E-state index in [9.17, 15) is 0 Å². The van der Waals surface area contributed by atoms with Gasteiger partial charge >= 0.3 is 0 Å². The van der Waals surface area contributed by atoms with E-state index in [1.165, 1.54) is 64.0 Å². The number of aromatic nitrogens is 2. The lowest BCUT2D eigenvalue weighted by Gasteiger charge is -2.13. The Morgan fingerprint density at radius 2 is 0.902 bits per heavy atom. The average Bonchev–Trinajstić information content (AvgIpc) is 3.61. The van der Waals surface area contributed by atoms with Gasteiger partial charge < -0.3 is 0 Å². The number of benzene rings is 8. The fourth-order valence-electron chi connectivity index (χ4n) is 7.30. The standard InChI is InChI=1S/C48H30N2S/c1-4-12-31(13-5-1)34-20-21-37-27-38(23-22-36(37)26-34)43-30-44(50-48(49-43)33-16-8-3-9-17-33)42-29-39-28-35(32-14-6-2-7-15-32)24-25-40(39)47-46(42)41-18-10-11-19-45(41)51-47/h1-30H. The largest absolute Gasteiger partial charge is 0.228 e. The first-order chi connectivity index (χ1) is 25.2. The van der Waals surface area contributed by atoms with E-state index in [-0.39, 0.29) is 0 Å². The maximum atomic E-state index is 5.32. The molecule has 0 unspecified atom stereocenters. The highest BCUT2D eigenvalue weighted by molar-refractivity contribution is 7.26. The van der Waals surface area contributed by atoms with Crippen LogP contribution in [0.5, 0.6) is 0 Å². The normalized spacial score (nSPS) is 11.5. The summed E-state index contributed by atoms with van der Waals surface area (Å²) >= 11 is 1.86. The van der Waals surface area contributed by atoms with Gasteiger partial charge in [0.15, 0.2) is 5.82 Å². The molecule has 0 saturated heterocycles. The molecule has 8 aromatic carbocycles. The highest BCUT2D eigenvalue weighted by Crippen LogP contribution is 2.45. The summed E-state index contributed by atoms with van der Waals surface area (Å²) < 4.78 is 2.56. The van der Waals surface area contributed by atoms with Crippen molar-refractivity contribution in [3.63, 3.8) is 0 Å². The predicted octanol–water partition coefficient (Wildman–Crippen LogP) is 13.5. The van der Waals surface area contributed by atoms with Gasteiger partial charge in [-0.15, -0.1) is 11.3 Å². The average molecular weight is 667 g/mol. The molecule has 238 valence electrons. The summed E-state index contributed by atoms with van der Waals surface area (Å²) in [5.41, 5.74) is 9.84. The van der Waals surface area contributed by atoms with Crippen LogP contribution in [0.2, 0.25) is 0 Å². The number of hydrogen-bond donors (Lipinski definition) is 0. The van der Waals surface area contributed by atoms with Gasteiger partial charge in [-0.1, -0.05) is 146 Å². The third-order valence-electron chi connectivity index (χ3n) is 9.85. The minimum Gasteiger partial charge on any atom is -0.228 e. The van der Waals surface area contributed by atoms with Crippen molar-refractivity contribution < 1.29 is 0 Å². The maximum absolute atomic E-state index is 5.32. The third-order valence-corrected chi connectivity index (χ3v) is 11.0. The molecule has 2 heterocycles. The monoisotopic (exact) mass is 666 g/mol. The van der Waals surface area contributed by atoms with E-state index in [0.717, 1.165) is 28.1 Å². The van der Waals surface area contributed by atoms with E-state index in [0.29, 0.717) is 5.82 Å². The van der Waals surface area contributed by atoms with Crippen LogP contribution >= 0.6 is 11.3 Å². The second-order valence-corrected chi connectivity index (χ2v) is 14.1. The first-order valence-corrected chi connectivity index (χ1v) is 18.0. The van der Waals surface area contributed by atoms with Crippen LogP contribution in [0.1, 0.15) is 0 Å². The van der Waals surface area contributed by atoms with Crippen LogP contribution in [0.3, 0.4) is 0 Å². The Labute approximate surface area is 300 Å². The lowest BCUT2D eigenvalue weighted by molar-refractivity contribution is 1.19. The van der Waals surface area contributed by atoms with Gasteiger partial charge in [0.1, 0.15) is 0 Å². The van der Waals surface area contributed by atoms with Crippen LogP contribution < -0.4 is 0 Å². The fraction of sp³-hybridized carbons (Fsp3) is 0. The SMILES string of the molecule is c1ccc(-c2ccc3cc(-c4cc(-c5cc6cc(-c7ccccc7)ccc6c6sc7ccccc7c56)nc(-c5ccccc5)n4)ccc3c2)cc1. The molecule has 10 aromatic rings. The molecule has 0 N–H and O–H groups in total. The van der Waals surface area contributed by atoms with E-state index in [2.05, 4.69) is 176 Å². The molecule has 0 aliphatic heterocycles. The lowest BCUT2D eigenvalue weighted by Crippen LogP contribution is -1.96. The predicted molar refractivity (Wildman–Crippen MR) is 217 cm³/mol. The van der Waals surface area contributed by atoms with E-state index >= 15 is 0 Å². The number of fused-ring (bicyclic) bond motifs is 6. The number of nitrogens with zero attached hydrogens (tertiary/aromatic N) is 2. The minimum absolute atomic E-state index is 0.716. The maximum Gasteiger partial charge on any atom is 0.160 e. The molecule has 0 aliphatic rings. The molecule has 0 spiro atoms. The van der Waals surface area contributed by atoms with Crippen LogP contribution in [0.25, 0.3) is 97.9 Å². The first-order valence-electron chi connectivity index (χ1n) is 17.2. The minimum atomic E-state index is 0.716. The van der Waals surface area contributed by atoms with Gasteiger partial charge in [-0.25, -0.2) is 9.97 Å². The Morgan fingerprint density at radius 3 is 1.61 bits per heavy atom. The van der Waals surface area contributed by atoms with E-state index in [1.807, 2.05) is 17.4 Å². The second-order valence-electron chi connectivity index (χ2n) is 13.0. The topological polar surface area (TPSA) is 25.8 Å². The molecule has 51 heavy (non-hydrogen) atoms. The summed E-state index contributed by atoms with van der Waals surface area (Å²) in [5.74, 6) is 0.716. The summed E-state index contributed by atoms with van der Waals surface area (Å²) in [6.45, 7) is 0. The fourth-order valence-corrected chi connectivity index (χ4v) is 8.56. The Kier molecular flexibility index (Phi) is 7.04. The highest BCUT2D eigenvalue weighted by atomic mass is 32.1. The van der Waals surface area contributed by atoms with Crippen LogP contribution in [0.15, 0.2) is 182 Å². The van der Waals surface area contributed by atoms with Crippen LogP contribution in [-0.2, 0) is 0 Å². The molecule has 0 atom stereocenters. The van der Waals surface area contributed by atoms with Crippen molar-refractivity contribution in [1.82, 2.24) is 9.97 Å². The Bertz CT molecular complexity index is 2890. The van der Waals surface area contributed by atoms with Crippen LogP contribution in [-0.4, -0.2) is 9.97 Å². The van der Waals surface area contributed by atoms with Gasteiger partial charge in [-0.05, 0) is 80.2 Å². The molecule has 0 fully saturated rings. The van der Waals surface area contributed by atoms with Crippen LogP contribution in [0, 0.1) is 0 Å². The van der Waals surface area contributed by atoms with E-state index in [4.69, 9.17) is 9.97 Å². The Morgan fingerprint density at radius 1 is 0.353 bits per heavy atom. The van der Waals surface area contributed by atoms with Crippen molar-refractivity contribution >= 4 is 53.1 Å². The Balaban J connectivity index is 1.20. The van der Waals surface area contributed by atoms with Crippen molar-refractivity contribution in [2.75, 3.05) is 0 Å². The molecular formula is C48H30N2S. The van der Waals surface area contributed by atoms with Gasteiger partial charge in [0.05, 0.1) is 11.4 Å². The van der Waals surface area contributed by atoms with Gasteiger partial charge in [-0.2, -0.15) is 0 Å². The van der Waals surface area contributed by atoms with Gasteiger partial charge in [0, 0.05) is 36.9 Å². The van der Waals surface area contributed by atoms with Crippen molar-refractivity contribution in [2.24, 2.45) is 0 Å². The number of hydrogen-bond acceptors (Lipinski definition) is 3. The Hall–Kier alpha value is -6.42. The summed E-state index contributed by atoms with van der Waals surface area (Å²) in [4.78, 5) is 10.5. The molecule has 2 aromatic heterocycles. The lowest BCUT2D eigenvalue weighted by atomic mass is 9.94. The van der Waals surface area contributed by atoms with Crippen molar-refractivity contribution in [3.05, 3.63) is 182 Å². The van der Waals surface area contributed by atoms with Gasteiger partial charge in [-0.3, -0.25) is 0 Å². The summed E-state index contributed by atoms with van der Waals surface area (Å²) in [7, 11) is 0. The zero-order chi connectivity index (χ0) is 33.7. The molecule has 0 saturated carbocycles.